The quantitative estimate of drug-likeness (QED) is 0.0416. The van der Waals surface area contributed by atoms with Gasteiger partial charge in [-0.15, -0.1) is 0 Å². The van der Waals surface area contributed by atoms with Gasteiger partial charge in [-0.05, 0) is 52.1 Å². The van der Waals surface area contributed by atoms with E-state index in [1.807, 2.05) is 0 Å². The van der Waals surface area contributed by atoms with Gasteiger partial charge in [-0.3, -0.25) is 24.2 Å². The maximum absolute atomic E-state index is 13.3. The molecule has 0 aromatic heterocycles. The predicted molar refractivity (Wildman–Crippen MR) is 157 cm³/mol. The van der Waals surface area contributed by atoms with E-state index in [0.717, 1.165) is 12.8 Å². The zero-order valence-electron chi connectivity index (χ0n) is 25.1. The van der Waals surface area contributed by atoms with Crippen molar-refractivity contribution in [2.24, 2.45) is 28.3 Å². The number of amides is 1. The minimum atomic E-state index is -1.31. The summed E-state index contributed by atoms with van der Waals surface area (Å²) in [6.45, 7) is 4.56. The summed E-state index contributed by atoms with van der Waals surface area (Å²) < 4.78 is 10.8. The number of carbonyl (C=O) groups is 5. The maximum atomic E-state index is 13.3. The number of rotatable bonds is 28. The lowest BCUT2D eigenvalue weighted by molar-refractivity contribution is -0.145. The Balaban J connectivity index is 5.27. The largest absolute Gasteiger partial charge is 0.481 e. The van der Waals surface area contributed by atoms with Crippen molar-refractivity contribution in [1.82, 2.24) is 10.6 Å². The van der Waals surface area contributed by atoms with Gasteiger partial charge in [0.1, 0.15) is 17.6 Å². The minimum Gasteiger partial charge on any atom is -0.481 e. The second-order valence-electron chi connectivity index (χ2n) is 10.2. The number of ketones is 2. The normalized spacial score (nSPS) is 13.1. The van der Waals surface area contributed by atoms with Crippen molar-refractivity contribution in [2.45, 2.75) is 83.6 Å². The first-order valence-electron chi connectivity index (χ1n) is 14.7. The first-order chi connectivity index (χ1) is 20.0. The number of nitrogens with zero attached hydrogens (tertiary/aromatic N) is 1. The van der Waals surface area contributed by atoms with Gasteiger partial charge in [0.15, 0.2) is 5.96 Å². The lowest BCUT2D eigenvalue weighted by Crippen LogP contribution is -2.44. The molecule has 0 aromatic carbocycles. The molecule has 0 heterocycles. The second-order valence-corrected chi connectivity index (χ2v) is 10.2. The molecule has 0 spiro atoms. The lowest BCUT2D eigenvalue weighted by atomic mass is 9.85. The number of guanidine groups is 1. The summed E-state index contributed by atoms with van der Waals surface area (Å²) >= 11 is 0. The molecule has 0 radical (unpaired) electrons. The Morgan fingerprint density at radius 2 is 1.52 bits per heavy atom. The van der Waals surface area contributed by atoms with Crippen molar-refractivity contribution in [3.05, 3.63) is 0 Å². The first-order valence-corrected chi connectivity index (χ1v) is 14.7. The number of carboxylic acid groups (broad SMARTS) is 2. The van der Waals surface area contributed by atoms with Crippen LogP contribution in [0.5, 0.6) is 0 Å². The minimum absolute atomic E-state index is 0.0829. The molecule has 0 aliphatic carbocycles. The molecule has 0 aliphatic heterocycles. The number of nitrogens with two attached hydrogens (primary N) is 2. The predicted octanol–water partition coefficient (Wildman–Crippen LogP) is 0.848. The van der Waals surface area contributed by atoms with E-state index in [4.69, 9.17) is 20.9 Å². The molecule has 8 N–H and O–H groups in total. The Kier molecular flexibility index (Phi) is 22.7. The fourth-order valence-corrected chi connectivity index (χ4v) is 4.13. The van der Waals surface area contributed by atoms with Crippen molar-refractivity contribution >= 4 is 35.4 Å². The number of aliphatic carboxylic acids is 2. The number of carboxylic acids is 2. The zero-order chi connectivity index (χ0) is 31.8. The standard InChI is InChI=1S/C28H51N5O9/c1-3-4-13-41-15-16-42-14-10-22(34)17-20(8-7-12-32-28(29)30)24(35)18-21(19-25(36)37)26(38)33-23(27(39)40)9-5-6-11-31-2/h20-21,23,31H,3-19H2,1-2H3,(H,33,38)(H,36,37)(H,39,40)(H4,29,30,32)/t20?,21-,23+/m0/s1. The molecular formula is C28H51N5O9. The van der Waals surface area contributed by atoms with Crippen molar-refractivity contribution in [3.63, 3.8) is 0 Å². The highest BCUT2D eigenvalue weighted by Crippen LogP contribution is 2.21. The van der Waals surface area contributed by atoms with Crippen molar-refractivity contribution in [1.29, 1.82) is 0 Å². The van der Waals surface area contributed by atoms with Crippen LogP contribution in [0.25, 0.3) is 0 Å². The number of ether oxygens (including phenoxy) is 2. The van der Waals surface area contributed by atoms with Gasteiger partial charge in [0, 0.05) is 38.3 Å². The molecule has 0 bridgehead atoms. The van der Waals surface area contributed by atoms with E-state index in [2.05, 4.69) is 22.5 Å². The molecule has 14 nitrogen and oxygen atoms in total. The van der Waals surface area contributed by atoms with E-state index in [9.17, 15) is 34.2 Å². The molecule has 0 aromatic rings. The van der Waals surface area contributed by atoms with Crippen LogP contribution in [0.2, 0.25) is 0 Å². The smallest absolute Gasteiger partial charge is 0.326 e. The molecule has 242 valence electrons. The van der Waals surface area contributed by atoms with Crippen LogP contribution in [0.3, 0.4) is 0 Å². The zero-order valence-corrected chi connectivity index (χ0v) is 25.1. The monoisotopic (exact) mass is 601 g/mol. The van der Waals surface area contributed by atoms with Gasteiger partial charge in [0.05, 0.1) is 32.2 Å². The van der Waals surface area contributed by atoms with E-state index in [1.165, 1.54) is 0 Å². The van der Waals surface area contributed by atoms with Gasteiger partial charge in [-0.1, -0.05) is 13.3 Å². The number of aliphatic imine (C=N–C) groups is 1. The number of unbranched alkanes of at least 4 members (excludes halogenated alkanes) is 2. The van der Waals surface area contributed by atoms with Crippen molar-refractivity contribution < 1.29 is 43.7 Å². The molecule has 0 saturated carbocycles. The molecule has 0 aliphatic rings. The Labute approximate surface area is 248 Å². The van der Waals surface area contributed by atoms with Gasteiger partial charge in [-0.25, -0.2) is 4.79 Å². The topological polar surface area (TPSA) is 233 Å². The number of nitrogens with one attached hydrogen (secondary N) is 2. The summed E-state index contributed by atoms with van der Waals surface area (Å²) in [4.78, 5) is 66.0. The summed E-state index contributed by atoms with van der Waals surface area (Å²) in [5.74, 6) is -6.24. The SMILES string of the molecule is CCCCOCCOCCC(=O)CC(CCCN=C(N)N)C(=O)C[C@@H](CC(=O)O)C(=O)N[C@H](CCCCNC)C(=O)O. The van der Waals surface area contributed by atoms with E-state index in [0.29, 0.717) is 45.6 Å². The third-order valence-electron chi connectivity index (χ3n) is 6.50. The molecule has 1 unspecified atom stereocenters. The molecule has 42 heavy (non-hydrogen) atoms. The highest BCUT2D eigenvalue weighted by molar-refractivity contribution is 5.93. The second kappa shape index (κ2) is 24.5. The molecule has 14 heteroatoms. The third-order valence-corrected chi connectivity index (χ3v) is 6.50. The highest BCUT2D eigenvalue weighted by atomic mass is 16.5. The van der Waals surface area contributed by atoms with Gasteiger partial charge in [0.25, 0.3) is 0 Å². The van der Waals surface area contributed by atoms with Crippen LogP contribution in [0.1, 0.15) is 77.6 Å². The van der Waals surface area contributed by atoms with E-state index in [1.54, 1.807) is 7.05 Å². The van der Waals surface area contributed by atoms with Gasteiger partial charge in [0.2, 0.25) is 5.91 Å². The van der Waals surface area contributed by atoms with Gasteiger partial charge in [-0.2, -0.15) is 0 Å². The number of Topliss-reactive ketones (excluding diaryl/α,β-unsaturated/α-hetero) is 2. The van der Waals surface area contributed by atoms with Crippen molar-refractivity contribution in [2.75, 3.05) is 46.6 Å². The lowest BCUT2D eigenvalue weighted by Gasteiger charge is -2.21. The van der Waals surface area contributed by atoms with Crippen LogP contribution < -0.4 is 22.1 Å². The average molecular weight is 602 g/mol. The number of hydrogen-bond donors (Lipinski definition) is 6. The average Bonchev–Trinajstić information content (AvgIpc) is 2.92. The summed E-state index contributed by atoms with van der Waals surface area (Å²) in [6.07, 6.45) is 2.87. The molecule has 3 atom stereocenters. The number of carbonyl (C=O) groups excluding carboxylic acids is 3. The van der Waals surface area contributed by atoms with Gasteiger partial charge < -0.3 is 41.8 Å². The molecule has 0 rings (SSSR count). The summed E-state index contributed by atoms with van der Waals surface area (Å²) in [6, 6.07) is -1.21. The van der Waals surface area contributed by atoms with Crippen LogP contribution in [-0.4, -0.2) is 98.2 Å². The maximum Gasteiger partial charge on any atom is 0.326 e. The van der Waals surface area contributed by atoms with E-state index < -0.39 is 54.3 Å². The Hall–Kier alpha value is -3.10. The van der Waals surface area contributed by atoms with E-state index in [-0.39, 0.29) is 50.6 Å². The van der Waals surface area contributed by atoms with Crippen LogP contribution in [0, 0.1) is 11.8 Å². The fourth-order valence-electron chi connectivity index (χ4n) is 4.13. The van der Waals surface area contributed by atoms with Crippen LogP contribution in [-0.2, 0) is 33.4 Å². The van der Waals surface area contributed by atoms with Crippen LogP contribution in [0.4, 0.5) is 0 Å². The van der Waals surface area contributed by atoms with Crippen LogP contribution >= 0.6 is 0 Å². The third kappa shape index (κ3) is 20.7. The van der Waals surface area contributed by atoms with Gasteiger partial charge >= 0.3 is 11.9 Å². The Morgan fingerprint density at radius 1 is 0.833 bits per heavy atom. The summed E-state index contributed by atoms with van der Waals surface area (Å²) in [5, 5.41) is 24.2. The molecule has 0 fully saturated rings. The fraction of sp³-hybridized carbons (Fsp3) is 0.786. The summed E-state index contributed by atoms with van der Waals surface area (Å²) in [7, 11) is 1.77. The molecule has 0 saturated heterocycles. The highest BCUT2D eigenvalue weighted by Gasteiger charge is 2.31. The number of hydrogen-bond acceptors (Lipinski definition) is 9. The Bertz CT molecular complexity index is 850. The van der Waals surface area contributed by atoms with E-state index >= 15 is 0 Å². The first kappa shape index (κ1) is 38.9. The summed E-state index contributed by atoms with van der Waals surface area (Å²) in [5.41, 5.74) is 10.7. The molecular weight excluding hydrogens is 550 g/mol. The van der Waals surface area contributed by atoms with Crippen molar-refractivity contribution in [3.8, 4) is 0 Å². The Morgan fingerprint density at radius 3 is 2.12 bits per heavy atom. The molecule has 1 amide bonds. The van der Waals surface area contributed by atoms with Crippen LogP contribution in [0.15, 0.2) is 4.99 Å².